The van der Waals surface area contributed by atoms with E-state index in [0.29, 0.717) is 22.3 Å². The van der Waals surface area contributed by atoms with Crippen LogP contribution in [-0.4, -0.2) is 102 Å². The largest absolute Gasteiger partial charge is 0.514 e. The molecule has 18 nitrogen and oxygen atoms in total. The molecular weight excluding hydrogens is 1020 g/mol. The predicted molar refractivity (Wildman–Crippen MR) is 285 cm³/mol. The molecule has 1 amide bonds. The van der Waals surface area contributed by atoms with E-state index in [9.17, 15) is 34.4 Å². The predicted octanol–water partition coefficient (Wildman–Crippen LogP) is 9.60. The quantitative estimate of drug-likeness (QED) is 0.0227. The zero-order chi connectivity index (χ0) is 56.9. The lowest BCUT2D eigenvalue weighted by Gasteiger charge is -2.67. The molecule has 414 valence electrons. The fourth-order valence-corrected chi connectivity index (χ4v) is 13.3. The molecule has 19 heteroatoms. The molecule has 2 N–H and O–H groups in total. The molecule has 1 aliphatic heterocycles. The summed E-state index contributed by atoms with van der Waals surface area (Å²) in [6, 6.07) is 28.9. The van der Waals surface area contributed by atoms with Crippen LogP contribution in [0.25, 0.3) is 0 Å². The number of nitro benzene ring substituents is 1. The molecule has 11 atom stereocenters. The third kappa shape index (κ3) is 10.3. The fourth-order valence-electron chi connectivity index (χ4n) is 12.1. The minimum atomic E-state index is -2.94. The molecule has 1 saturated heterocycles. The number of nitrogens with zero attached hydrogens (tertiary/aromatic N) is 1. The van der Waals surface area contributed by atoms with Crippen LogP contribution < -0.4 is 10.1 Å². The van der Waals surface area contributed by atoms with Gasteiger partial charge in [0.25, 0.3) is 11.6 Å². The maximum atomic E-state index is 16.2. The summed E-state index contributed by atoms with van der Waals surface area (Å²) in [5.74, 6) is -6.48. The standard InChI is InChI=1S/C59H68N2O16Si/c1-34-42(73-53(66)47(77-78(10,11)55(4,5)6)46(37-21-15-12-16-22-37)60-51(64)38-23-17-13-18-24-38)32-59(68)50(75-52(65)39-25-19-14-20-26-39)48-57(9,49(63)35(2)45(34)56(59,7)8)43(31-44-58(48,33-71-44)76-36(3)62)74-54(67)72-41-29-27-40(28-30-41)61(69)70/h12-30,35,42-44,46-48,50,68H,31-33H2,1-11H3,(H,60,64)/t35-,42+,43+,44?,46+,47-,48+,50+,57-,58+,59-/m1/s1. The first-order chi connectivity index (χ1) is 36.6. The minimum Gasteiger partial charge on any atom is -0.456 e. The van der Waals surface area contributed by atoms with Crippen molar-refractivity contribution in [3.05, 3.63) is 153 Å². The van der Waals surface area contributed by atoms with Crippen molar-refractivity contribution in [2.45, 2.75) is 141 Å². The number of Topliss-reactive ketones (excluding diaryl/α,β-unsaturated/α-hetero) is 1. The highest BCUT2D eigenvalue weighted by molar-refractivity contribution is 6.74. The number of nitro groups is 1. The number of ether oxygens (including phenoxy) is 6. The molecule has 2 bridgehead atoms. The van der Waals surface area contributed by atoms with Gasteiger partial charge in [-0.1, -0.05) is 108 Å². The lowest BCUT2D eigenvalue weighted by atomic mass is 9.43. The zero-order valence-electron chi connectivity index (χ0n) is 45.7. The van der Waals surface area contributed by atoms with Gasteiger partial charge in [0.15, 0.2) is 20.0 Å². The lowest BCUT2D eigenvalue weighted by molar-refractivity contribution is -0.384. The number of non-ortho nitro benzene ring substituents is 1. The van der Waals surface area contributed by atoms with E-state index in [1.165, 1.54) is 38.1 Å². The monoisotopic (exact) mass is 1090 g/mol. The number of ketones is 1. The Morgan fingerprint density at radius 3 is 1.96 bits per heavy atom. The molecule has 2 saturated carbocycles. The molecule has 78 heavy (non-hydrogen) atoms. The van der Waals surface area contributed by atoms with Crippen molar-refractivity contribution >= 4 is 49.8 Å². The SMILES string of the molecule is CC(=O)O[C@@]12COC1C[C@H](OC(=O)Oc1ccc([N+](=O)[O-])cc1)[C@@]1(C)C(=O)[C@H](C)C3=C(C)[C@@H](OC(=O)[C@H](O[Si](C)(C)C(C)(C)C)[C@@H](NC(=O)c4ccccc4)c4ccccc4)C[C@@](O)([C@@H](OC(=O)c4ccccc4)[C@@H]12)C3(C)C. The highest BCUT2D eigenvalue weighted by atomic mass is 28.4. The first kappa shape index (κ1) is 57.1. The van der Waals surface area contributed by atoms with E-state index in [1.54, 1.807) is 107 Å². The number of carbonyl (C=O) groups is 6. The molecule has 4 aromatic rings. The number of esters is 3. The second-order valence-corrected chi connectivity index (χ2v) is 27.9. The number of carbonyl (C=O) groups excluding carboxylic acids is 6. The van der Waals surface area contributed by atoms with Crippen molar-refractivity contribution in [2.24, 2.45) is 22.7 Å². The molecule has 0 aromatic heterocycles. The van der Waals surface area contributed by atoms with Crippen molar-refractivity contribution in [2.75, 3.05) is 6.61 Å². The Kier molecular flexibility index (Phi) is 15.6. The van der Waals surface area contributed by atoms with E-state index in [-0.39, 0.29) is 30.0 Å². The second kappa shape index (κ2) is 21.3. The molecule has 3 aliphatic carbocycles. The van der Waals surface area contributed by atoms with Gasteiger partial charge >= 0.3 is 24.1 Å². The van der Waals surface area contributed by atoms with Crippen LogP contribution in [-0.2, 0) is 42.5 Å². The van der Waals surface area contributed by atoms with Gasteiger partial charge in [0, 0.05) is 48.8 Å². The van der Waals surface area contributed by atoms with Crippen LogP contribution in [0.3, 0.4) is 0 Å². The van der Waals surface area contributed by atoms with Gasteiger partial charge in [-0.3, -0.25) is 24.5 Å². The maximum Gasteiger partial charge on any atom is 0.514 e. The van der Waals surface area contributed by atoms with Gasteiger partial charge in [-0.15, -0.1) is 0 Å². The lowest BCUT2D eigenvalue weighted by Crippen LogP contribution is -2.81. The summed E-state index contributed by atoms with van der Waals surface area (Å²) < 4.78 is 44.5. The molecule has 0 radical (unpaired) electrons. The zero-order valence-corrected chi connectivity index (χ0v) is 46.7. The molecule has 1 unspecified atom stereocenters. The van der Waals surface area contributed by atoms with Gasteiger partial charge in [0.2, 0.25) is 0 Å². The highest BCUT2D eigenvalue weighted by Gasteiger charge is 2.78. The summed E-state index contributed by atoms with van der Waals surface area (Å²) in [6.45, 7) is 19.1. The molecule has 1 heterocycles. The number of aliphatic hydroxyl groups is 1. The fraction of sp³-hybridized carbons (Fsp3) is 0.458. The number of benzene rings is 4. The minimum absolute atomic E-state index is 0.0708. The number of hydrogen-bond donors (Lipinski definition) is 2. The summed E-state index contributed by atoms with van der Waals surface area (Å²) >= 11 is 0. The van der Waals surface area contributed by atoms with E-state index < -0.39 is 131 Å². The summed E-state index contributed by atoms with van der Waals surface area (Å²) in [5.41, 5.74) is -6.22. The van der Waals surface area contributed by atoms with Crippen molar-refractivity contribution in [3.63, 3.8) is 0 Å². The van der Waals surface area contributed by atoms with E-state index in [1.807, 2.05) is 33.9 Å². The van der Waals surface area contributed by atoms with Crippen LogP contribution in [0.1, 0.15) is 107 Å². The molecule has 0 spiro atoms. The first-order valence-corrected chi connectivity index (χ1v) is 29.0. The number of hydrogen-bond acceptors (Lipinski definition) is 16. The van der Waals surface area contributed by atoms with E-state index in [0.717, 1.165) is 12.1 Å². The first-order valence-electron chi connectivity index (χ1n) is 26.0. The number of amides is 1. The Morgan fingerprint density at radius 2 is 1.42 bits per heavy atom. The summed E-state index contributed by atoms with van der Waals surface area (Å²) in [4.78, 5) is 98.9. The van der Waals surface area contributed by atoms with Gasteiger partial charge in [0.05, 0.1) is 34.5 Å². The summed E-state index contributed by atoms with van der Waals surface area (Å²) in [5, 5.41) is 28.3. The van der Waals surface area contributed by atoms with E-state index in [4.69, 9.17) is 32.8 Å². The molecule has 4 aromatic carbocycles. The van der Waals surface area contributed by atoms with Gasteiger partial charge in [0.1, 0.15) is 41.5 Å². The third-order valence-electron chi connectivity index (χ3n) is 17.2. The molecule has 4 aliphatic rings. The van der Waals surface area contributed by atoms with Gasteiger partial charge in [-0.25, -0.2) is 14.4 Å². The Labute approximate surface area is 454 Å². The van der Waals surface area contributed by atoms with Crippen molar-refractivity contribution < 1.29 is 71.6 Å². The normalized spacial score (nSPS) is 28.1. The highest BCUT2D eigenvalue weighted by Crippen LogP contribution is 2.65. The number of fused-ring (bicyclic) bond motifs is 5. The van der Waals surface area contributed by atoms with Gasteiger partial charge in [-0.2, -0.15) is 0 Å². The topological polar surface area (TPSA) is 242 Å². The van der Waals surface area contributed by atoms with Crippen molar-refractivity contribution in [1.29, 1.82) is 0 Å². The van der Waals surface area contributed by atoms with E-state index >= 15 is 9.59 Å². The molecule has 8 rings (SSSR count). The van der Waals surface area contributed by atoms with Crippen molar-refractivity contribution in [1.82, 2.24) is 5.32 Å². The summed E-state index contributed by atoms with van der Waals surface area (Å²) in [6.07, 6.45) is -9.22. The van der Waals surface area contributed by atoms with Crippen LogP contribution in [0.5, 0.6) is 5.75 Å². The van der Waals surface area contributed by atoms with Crippen molar-refractivity contribution in [3.8, 4) is 5.75 Å². The number of nitrogens with one attached hydrogen (secondary N) is 1. The average Bonchev–Trinajstić information content (AvgIpc) is 1.64. The van der Waals surface area contributed by atoms with Gasteiger partial charge < -0.3 is 43.3 Å². The third-order valence-corrected chi connectivity index (χ3v) is 21.6. The van der Waals surface area contributed by atoms with Crippen LogP contribution >= 0.6 is 0 Å². The summed E-state index contributed by atoms with van der Waals surface area (Å²) in [7, 11) is -2.94. The maximum absolute atomic E-state index is 16.2. The Hall–Kier alpha value is -7.06. The Morgan fingerprint density at radius 1 is 0.846 bits per heavy atom. The van der Waals surface area contributed by atoms with Crippen LogP contribution in [0.15, 0.2) is 126 Å². The second-order valence-electron chi connectivity index (χ2n) is 23.1. The molecular formula is C59H68N2O16Si. The van der Waals surface area contributed by atoms with Crippen LogP contribution in [0.2, 0.25) is 18.1 Å². The molecule has 3 fully saturated rings. The Balaban J connectivity index is 1.29. The average molecular weight is 1090 g/mol. The van der Waals surface area contributed by atoms with Crippen LogP contribution in [0.4, 0.5) is 10.5 Å². The number of rotatable bonds is 14. The van der Waals surface area contributed by atoms with Crippen LogP contribution in [0, 0.1) is 32.8 Å². The van der Waals surface area contributed by atoms with Gasteiger partial charge in [-0.05, 0) is 85.1 Å². The Bertz CT molecular complexity index is 3000. The van der Waals surface area contributed by atoms with E-state index in [2.05, 4.69) is 5.32 Å². The smallest absolute Gasteiger partial charge is 0.456 e.